The maximum absolute atomic E-state index is 12.8. The number of hydrogen-bond donors (Lipinski definition) is 4. The van der Waals surface area contributed by atoms with Crippen molar-refractivity contribution in [1.82, 2.24) is 10.3 Å². The molecule has 1 aromatic heterocycles. The average molecular weight is 532 g/mol. The van der Waals surface area contributed by atoms with Crippen molar-refractivity contribution in [3.63, 3.8) is 0 Å². The van der Waals surface area contributed by atoms with Gasteiger partial charge in [-0.3, -0.25) is 4.79 Å². The zero-order chi connectivity index (χ0) is 27.9. The summed E-state index contributed by atoms with van der Waals surface area (Å²) in [6, 6.07) is 14.7. The van der Waals surface area contributed by atoms with Gasteiger partial charge in [-0.15, -0.1) is 0 Å². The van der Waals surface area contributed by atoms with Gasteiger partial charge in [-0.05, 0) is 53.9 Å². The second kappa shape index (κ2) is 12.4. The molecule has 0 aliphatic heterocycles. The molecule has 0 saturated carbocycles. The fourth-order valence-corrected chi connectivity index (χ4v) is 3.37. The highest BCUT2D eigenvalue weighted by Crippen LogP contribution is 2.31. The maximum Gasteiger partial charge on any atom is 0.416 e. The number of benzene rings is 2. The van der Waals surface area contributed by atoms with Gasteiger partial charge in [0.15, 0.2) is 6.10 Å². The maximum atomic E-state index is 12.8. The second-order valence-electron chi connectivity index (χ2n) is 8.91. The first-order valence-corrected chi connectivity index (χ1v) is 11.8. The SMILES string of the molecule is CC(C)[C@@H](COc1ccc(-c2ccc(C(F)(F)F)cc2)cn1)Nc1ccc(C(=O)NC[C@@H](O)C(=O)O)cc1. The van der Waals surface area contributed by atoms with E-state index in [1.165, 1.54) is 18.3 Å². The van der Waals surface area contributed by atoms with Gasteiger partial charge >= 0.3 is 12.1 Å². The Morgan fingerprint density at radius 1 is 0.974 bits per heavy atom. The highest BCUT2D eigenvalue weighted by Gasteiger charge is 2.30. The zero-order valence-corrected chi connectivity index (χ0v) is 20.7. The lowest BCUT2D eigenvalue weighted by molar-refractivity contribution is -0.146. The quantitative estimate of drug-likeness (QED) is 0.288. The van der Waals surface area contributed by atoms with E-state index in [4.69, 9.17) is 9.84 Å². The Balaban J connectivity index is 1.56. The first-order valence-electron chi connectivity index (χ1n) is 11.8. The summed E-state index contributed by atoms with van der Waals surface area (Å²) in [5, 5.41) is 23.7. The predicted octanol–water partition coefficient (Wildman–Crippen LogP) is 4.46. The molecule has 202 valence electrons. The van der Waals surface area contributed by atoms with E-state index < -0.39 is 36.3 Å². The van der Waals surface area contributed by atoms with Gasteiger partial charge in [-0.25, -0.2) is 9.78 Å². The van der Waals surface area contributed by atoms with Crippen LogP contribution in [0.2, 0.25) is 0 Å². The third-order valence-corrected chi connectivity index (χ3v) is 5.74. The zero-order valence-electron chi connectivity index (χ0n) is 20.7. The number of carboxylic acids is 1. The van der Waals surface area contributed by atoms with E-state index >= 15 is 0 Å². The number of carboxylic acid groups (broad SMARTS) is 1. The van der Waals surface area contributed by atoms with E-state index in [0.29, 0.717) is 22.6 Å². The van der Waals surface area contributed by atoms with Crippen LogP contribution in [0.1, 0.15) is 29.8 Å². The average Bonchev–Trinajstić information content (AvgIpc) is 2.89. The molecule has 8 nitrogen and oxygen atoms in total. The number of hydrogen-bond acceptors (Lipinski definition) is 6. The van der Waals surface area contributed by atoms with Crippen LogP contribution in [-0.2, 0) is 11.0 Å². The third-order valence-electron chi connectivity index (χ3n) is 5.74. The summed E-state index contributed by atoms with van der Waals surface area (Å²) in [5.41, 5.74) is 1.60. The summed E-state index contributed by atoms with van der Waals surface area (Å²) in [7, 11) is 0. The molecule has 38 heavy (non-hydrogen) atoms. The number of anilines is 1. The highest BCUT2D eigenvalue weighted by molar-refractivity contribution is 5.94. The van der Waals surface area contributed by atoms with E-state index in [0.717, 1.165) is 17.8 Å². The van der Waals surface area contributed by atoms with Crippen molar-refractivity contribution in [2.45, 2.75) is 32.2 Å². The van der Waals surface area contributed by atoms with Crippen LogP contribution in [0.5, 0.6) is 5.88 Å². The normalized spacial score (nSPS) is 13.0. The number of halogens is 3. The molecule has 3 aromatic rings. The van der Waals surface area contributed by atoms with Crippen LogP contribution in [0.3, 0.4) is 0 Å². The number of alkyl halides is 3. The second-order valence-corrected chi connectivity index (χ2v) is 8.91. The molecule has 11 heteroatoms. The van der Waals surface area contributed by atoms with Crippen molar-refractivity contribution in [3.05, 3.63) is 78.0 Å². The van der Waals surface area contributed by atoms with Crippen molar-refractivity contribution in [2.75, 3.05) is 18.5 Å². The van der Waals surface area contributed by atoms with Crippen LogP contribution in [0.15, 0.2) is 66.9 Å². The fraction of sp³-hybridized carbons (Fsp3) is 0.296. The van der Waals surface area contributed by atoms with Gasteiger partial charge < -0.3 is 25.6 Å². The number of nitrogens with one attached hydrogen (secondary N) is 2. The molecule has 4 N–H and O–H groups in total. The number of amides is 1. The smallest absolute Gasteiger partial charge is 0.416 e. The summed E-state index contributed by atoms with van der Waals surface area (Å²) in [5.74, 6) is -1.39. The highest BCUT2D eigenvalue weighted by atomic mass is 19.4. The molecule has 0 spiro atoms. The number of nitrogens with zero attached hydrogens (tertiary/aromatic N) is 1. The largest absolute Gasteiger partial charge is 0.479 e. The third kappa shape index (κ3) is 7.94. The summed E-state index contributed by atoms with van der Waals surface area (Å²) >= 11 is 0. The van der Waals surface area contributed by atoms with Gasteiger partial charge in [0.05, 0.1) is 18.2 Å². The lowest BCUT2D eigenvalue weighted by atomic mass is 10.0. The lowest BCUT2D eigenvalue weighted by Gasteiger charge is -2.23. The van der Waals surface area contributed by atoms with Crippen LogP contribution >= 0.6 is 0 Å². The molecule has 0 fully saturated rings. The molecule has 3 rings (SSSR count). The van der Waals surface area contributed by atoms with Crippen LogP contribution in [0.4, 0.5) is 18.9 Å². The number of ether oxygens (including phenoxy) is 1. The Hall–Kier alpha value is -4.12. The predicted molar refractivity (Wildman–Crippen MR) is 135 cm³/mol. The number of carbonyl (C=O) groups is 2. The number of aliphatic hydroxyl groups excluding tert-OH is 1. The van der Waals surface area contributed by atoms with Crippen molar-refractivity contribution >= 4 is 17.6 Å². The summed E-state index contributed by atoms with van der Waals surface area (Å²) < 4.78 is 44.1. The first kappa shape index (κ1) is 28.5. The van der Waals surface area contributed by atoms with Crippen molar-refractivity contribution in [2.24, 2.45) is 5.92 Å². The number of aromatic nitrogens is 1. The van der Waals surface area contributed by atoms with E-state index in [2.05, 4.69) is 15.6 Å². The summed E-state index contributed by atoms with van der Waals surface area (Å²) in [4.78, 5) is 27.1. The van der Waals surface area contributed by atoms with Crippen molar-refractivity contribution < 1.29 is 37.7 Å². The van der Waals surface area contributed by atoms with Gasteiger partial charge in [0, 0.05) is 29.1 Å². The van der Waals surface area contributed by atoms with Crippen molar-refractivity contribution in [3.8, 4) is 17.0 Å². The van der Waals surface area contributed by atoms with E-state index in [1.807, 2.05) is 13.8 Å². The molecular weight excluding hydrogens is 503 g/mol. The first-order chi connectivity index (χ1) is 17.9. The number of carbonyl (C=O) groups excluding carboxylic acids is 1. The minimum atomic E-state index is -4.39. The molecule has 2 atom stereocenters. The molecule has 1 heterocycles. The van der Waals surface area contributed by atoms with Crippen molar-refractivity contribution in [1.29, 1.82) is 0 Å². The number of rotatable bonds is 11. The molecule has 0 saturated heterocycles. The van der Waals surface area contributed by atoms with Gasteiger partial charge in [-0.2, -0.15) is 13.2 Å². The summed E-state index contributed by atoms with van der Waals surface area (Å²) in [6.07, 6.45) is -4.53. The standard InChI is InChI=1S/C27H28F3N3O5/c1-16(2)22(33-21-10-5-18(6-11-21)25(35)32-14-23(34)26(36)37)15-38-24-12-7-19(13-31-24)17-3-8-20(9-4-17)27(28,29)30/h3-13,16,22-23,33-34H,14-15H2,1-2H3,(H,32,35)(H,36,37)/t22-,23-/m1/s1. The molecule has 0 bridgehead atoms. The Morgan fingerprint density at radius 2 is 1.61 bits per heavy atom. The minimum Gasteiger partial charge on any atom is -0.479 e. The van der Waals surface area contributed by atoms with Gasteiger partial charge in [-0.1, -0.05) is 26.0 Å². The molecule has 0 unspecified atom stereocenters. The fourth-order valence-electron chi connectivity index (χ4n) is 3.37. The molecule has 2 aromatic carbocycles. The number of aliphatic hydroxyl groups is 1. The monoisotopic (exact) mass is 531 g/mol. The molecule has 0 aliphatic rings. The number of aliphatic carboxylic acids is 1. The Labute approximate surface area is 217 Å². The lowest BCUT2D eigenvalue weighted by Crippen LogP contribution is -2.36. The van der Waals surface area contributed by atoms with E-state index in [-0.39, 0.29) is 18.6 Å². The van der Waals surface area contributed by atoms with Crippen LogP contribution < -0.4 is 15.4 Å². The minimum absolute atomic E-state index is 0.114. The Bertz CT molecular complexity index is 1210. The number of pyridine rings is 1. The van der Waals surface area contributed by atoms with Crippen LogP contribution in [0.25, 0.3) is 11.1 Å². The van der Waals surface area contributed by atoms with E-state index in [9.17, 15) is 27.9 Å². The van der Waals surface area contributed by atoms with Crippen LogP contribution in [0, 0.1) is 5.92 Å². The molecular formula is C27H28F3N3O5. The van der Waals surface area contributed by atoms with E-state index in [1.54, 1.807) is 36.4 Å². The molecule has 0 radical (unpaired) electrons. The topological polar surface area (TPSA) is 121 Å². The Morgan fingerprint density at radius 3 is 2.13 bits per heavy atom. The molecule has 0 aliphatic carbocycles. The van der Waals surface area contributed by atoms with Gasteiger partial charge in [0.1, 0.15) is 6.61 Å². The van der Waals surface area contributed by atoms with Gasteiger partial charge in [0.2, 0.25) is 5.88 Å². The Kier molecular flexibility index (Phi) is 9.30. The summed E-state index contributed by atoms with van der Waals surface area (Å²) in [6.45, 7) is 3.90. The van der Waals surface area contributed by atoms with Crippen LogP contribution in [-0.4, -0.2) is 52.4 Å². The van der Waals surface area contributed by atoms with Gasteiger partial charge in [0.25, 0.3) is 5.91 Å². The molecule has 1 amide bonds.